The molecule has 0 unspecified atom stereocenters. The van der Waals surface area contributed by atoms with Crippen LogP contribution in [0.25, 0.3) is 0 Å². The summed E-state index contributed by atoms with van der Waals surface area (Å²) in [6.45, 7) is 12.5. The third-order valence-electron chi connectivity index (χ3n) is 6.18. The first-order valence-corrected chi connectivity index (χ1v) is 12.2. The predicted octanol–water partition coefficient (Wildman–Crippen LogP) is 7.61. The minimum absolute atomic E-state index is 0. The van der Waals surface area contributed by atoms with Gasteiger partial charge in [-0.15, -0.1) is 0 Å². The van der Waals surface area contributed by atoms with Crippen molar-refractivity contribution in [3.05, 3.63) is 35.9 Å². The second kappa shape index (κ2) is 18.2. The maximum atomic E-state index is 2.33. The summed E-state index contributed by atoms with van der Waals surface area (Å²) in [5.74, 6) is 0. The van der Waals surface area contributed by atoms with E-state index in [1.54, 1.807) is 0 Å². The summed E-state index contributed by atoms with van der Waals surface area (Å²) in [5.41, 5.74) is 1.52. The Hall–Kier alpha value is -0.860. The van der Waals surface area contributed by atoms with Gasteiger partial charge < -0.3 is 9.96 Å². The van der Waals surface area contributed by atoms with Crippen LogP contribution >= 0.6 is 0 Å². The lowest BCUT2D eigenvalue weighted by Gasteiger charge is -2.39. The van der Waals surface area contributed by atoms with Gasteiger partial charge in [0.15, 0.2) is 0 Å². The Balaban J connectivity index is 0.00000729. The molecule has 0 heterocycles. The normalized spacial score (nSPS) is 11.4. The van der Waals surface area contributed by atoms with E-state index in [0.717, 1.165) is 0 Å². The second-order valence-corrected chi connectivity index (χ2v) is 8.65. The van der Waals surface area contributed by atoms with Crippen molar-refractivity contribution in [1.29, 1.82) is 0 Å². The summed E-state index contributed by atoms with van der Waals surface area (Å²) >= 11 is 0. The monoisotopic (exact) mass is 391 g/mol. The first kappa shape index (κ1) is 27.1. The summed E-state index contributed by atoms with van der Waals surface area (Å²) < 4.78 is 1.38. The molecule has 0 bridgehead atoms. The molecule has 0 aliphatic heterocycles. The number of rotatable bonds is 18. The minimum Gasteiger partial charge on any atom is -0.870 e. The highest BCUT2D eigenvalue weighted by atomic mass is 16.0. The molecule has 0 saturated carbocycles. The van der Waals surface area contributed by atoms with Crippen molar-refractivity contribution in [2.45, 2.75) is 104 Å². The molecule has 1 N–H and O–H groups in total. The minimum atomic E-state index is 0. The average molecular weight is 392 g/mol. The number of benzene rings is 1. The zero-order valence-corrected chi connectivity index (χ0v) is 19.3. The van der Waals surface area contributed by atoms with E-state index in [1.807, 2.05) is 0 Å². The molecule has 2 heteroatoms. The topological polar surface area (TPSA) is 30.0 Å². The molecule has 0 fully saturated rings. The van der Waals surface area contributed by atoms with E-state index in [9.17, 15) is 0 Å². The van der Waals surface area contributed by atoms with Crippen LogP contribution < -0.4 is 0 Å². The van der Waals surface area contributed by atoms with Crippen LogP contribution in [0, 0.1) is 0 Å². The Bertz CT molecular complexity index is 400. The van der Waals surface area contributed by atoms with Crippen LogP contribution in [-0.4, -0.2) is 36.1 Å². The van der Waals surface area contributed by atoms with E-state index >= 15 is 0 Å². The third-order valence-corrected chi connectivity index (χ3v) is 6.18. The van der Waals surface area contributed by atoms with Gasteiger partial charge in [-0.1, -0.05) is 89.6 Å². The number of nitrogens with zero attached hydrogens (tertiary/aromatic N) is 1. The largest absolute Gasteiger partial charge is 0.870 e. The predicted molar refractivity (Wildman–Crippen MR) is 124 cm³/mol. The molecule has 0 amide bonds. The van der Waals surface area contributed by atoms with Gasteiger partial charge in [-0.05, 0) is 44.1 Å². The molecule has 2 nitrogen and oxygen atoms in total. The fourth-order valence-electron chi connectivity index (χ4n) is 4.30. The Morgan fingerprint density at radius 1 is 0.536 bits per heavy atom. The third kappa shape index (κ3) is 12.6. The van der Waals surface area contributed by atoms with Crippen molar-refractivity contribution in [1.82, 2.24) is 0 Å². The molecule has 0 aliphatic carbocycles. The summed E-state index contributed by atoms with van der Waals surface area (Å²) in [5, 5.41) is 0. The summed E-state index contributed by atoms with van der Waals surface area (Å²) in [6.07, 6.45) is 18.0. The molecule has 0 atom stereocenters. The van der Waals surface area contributed by atoms with Crippen LogP contribution in [0.15, 0.2) is 30.3 Å². The molecule has 0 aliphatic rings. The summed E-state index contributed by atoms with van der Waals surface area (Å²) in [7, 11) is 0. The van der Waals surface area contributed by atoms with Crippen LogP contribution in [0.4, 0.5) is 0 Å². The first-order chi connectivity index (χ1) is 13.3. The lowest BCUT2D eigenvalue weighted by atomic mass is 10.1. The Labute approximate surface area is 176 Å². The molecule has 1 aromatic rings. The van der Waals surface area contributed by atoms with Gasteiger partial charge in [-0.2, -0.15) is 0 Å². The van der Waals surface area contributed by atoms with Crippen molar-refractivity contribution < 1.29 is 9.96 Å². The van der Waals surface area contributed by atoms with Crippen molar-refractivity contribution in [3.8, 4) is 0 Å². The quantitative estimate of drug-likeness (QED) is 0.187. The standard InChI is InChI=1S/C26H48N.H2O/c1-4-7-10-16-22-27(23-17-11-8-5-2,24-18-12-9-6-3)25-21-26-19-14-13-15-20-26;/h13-15,19-20H,4-12,16-18,21-25H2,1-3H3;1H2/q+1;/p-1. The van der Waals surface area contributed by atoms with Gasteiger partial charge in [-0.25, -0.2) is 0 Å². The molecule has 1 rings (SSSR count). The molecule has 164 valence electrons. The van der Waals surface area contributed by atoms with Gasteiger partial charge in [0.25, 0.3) is 0 Å². The van der Waals surface area contributed by atoms with Crippen LogP contribution in [-0.2, 0) is 6.42 Å². The van der Waals surface area contributed by atoms with E-state index in [1.165, 1.54) is 120 Å². The van der Waals surface area contributed by atoms with E-state index in [-0.39, 0.29) is 5.48 Å². The number of hydrogen-bond acceptors (Lipinski definition) is 1. The fourth-order valence-corrected chi connectivity index (χ4v) is 4.30. The van der Waals surface area contributed by atoms with E-state index < -0.39 is 0 Å². The Kier molecular flexibility index (Phi) is 17.6. The molecular formula is C26H49NO. The number of hydrogen-bond donors (Lipinski definition) is 0. The summed E-state index contributed by atoms with van der Waals surface area (Å²) in [6, 6.07) is 11.2. The number of quaternary nitrogens is 1. The highest BCUT2D eigenvalue weighted by molar-refractivity contribution is 5.14. The van der Waals surface area contributed by atoms with Crippen molar-refractivity contribution in [2.75, 3.05) is 26.2 Å². The highest BCUT2D eigenvalue weighted by Gasteiger charge is 2.26. The van der Waals surface area contributed by atoms with E-state index in [4.69, 9.17) is 0 Å². The van der Waals surface area contributed by atoms with Crippen molar-refractivity contribution in [3.63, 3.8) is 0 Å². The van der Waals surface area contributed by atoms with E-state index in [0.29, 0.717) is 0 Å². The molecule has 0 spiro atoms. The van der Waals surface area contributed by atoms with Gasteiger partial charge in [-0.3, -0.25) is 0 Å². The van der Waals surface area contributed by atoms with Crippen LogP contribution in [0.1, 0.15) is 103 Å². The van der Waals surface area contributed by atoms with Crippen molar-refractivity contribution >= 4 is 0 Å². The molecule has 28 heavy (non-hydrogen) atoms. The molecular weight excluding hydrogens is 342 g/mol. The van der Waals surface area contributed by atoms with Crippen LogP contribution in [0.2, 0.25) is 0 Å². The Morgan fingerprint density at radius 2 is 0.964 bits per heavy atom. The highest BCUT2D eigenvalue weighted by Crippen LogP contribution is 2.19. The molecule has 0 aromatic heterocycles. The molecule has 1 aromatic carbocycles. The molecule has 0 radical (unpaired) electrons. The van der Waals surface area contributed by atoms with Gasteiger partial charge in [0.2, 0.25) is 0 Å². The smallest absolute Gasteiger partial charge is 0.0827 e. The maximum absolute atomic E-state index is 2.33. The van der Waals surface area contributed by atoms with Gasteiger partial charge >= 0.3 is 0 Å². The van der Waals surface area contributed by atoms with Crippen molar-refractivity contribution in [2.24, 2.45) is 0 Å². The van der Waals surface area contributed by atoms with Crippen LogP contribution in [0.5, 0.6) is 0 Å². The van der Waals surface area contributed by atoms with E-state index in [2.05, 4.69) is 51.1 Å². The van der Waals surface area contributed by atoms with Crippen LogP contribution in [0.3, 0.4) is 0 Å². The second-order valence-electron chi connectivity index (χ2n) is 8.65. The number of unbranched alkanes of at least 4 members (excludes halogenated alkanes) is 9. The lowest BCUT2D eigenvalue weighted by molar-refractivity contribution is -0.928. The fraction of sp³-hybridized carbons (Fsp3) is 0.769. The molecule has 0 saturated heterocycles. The zero-order chi connectivity index (χ0) is 19.6. The van der Waals surface area contributed by atoms with Gasteiger partial charge in [0.1, 0.15) is 0 Å². The summed E-state index contributed by atoms with van der Waals surface area (Å²) in [4.78, 5) is 0. The SMILES string of the molecule is CCCCCC[N+](CCCCCC)(CCCCCC)CCc1ccccc1.[OH-]. The first-order valence-electron chi connectivity index (χ1n) is 12.2. The average Bonchev–Trinajstić information content (AvgIpc) is 2.71. The zero-order valence-electron chi connectivity index (χ0n) is 19.3. The lowest BCUT2D eigenvalue weighted by Crippen LogP contribution is -2.51. The maximum Gasteiger partial charge on any atom is 0.0827 e. The van der Waals surface area contributed by atoms with Gasteiger partial charge in [0, 0.05) is 6.42 Å². The van der Waals surface area contributed by atoms with Gasteiger partial charge in [0.05, 0.1) is 26.2 Å². The Morgan fingerprint density at radius 3 is 1.36 bits per heavy atom.